The van der Waals surface area contributed by atoms with Crippen LogP contribution in [0.2, 0.25) is 0 Å². The standard InChI is InChI=1S/C83H58N4O2/c1-5-25-62-64-38-23-42-68(82(64)88-80(62)50(4)6-2)84(54-31-16-10-17-32-54)56-44-46-58-60-35-21-40-66-74-73(53-28-14-9-15-29-53)79-75(72(52-26-12-8-13-27-52)78(74)86(76(60)66)70(58)48-56)67-41-22-36-61-59-47-45-57(49-71(59)87(79)77(61)67)85(55-33-18-11-19-34-55)69-43-24-39-65-63-37-20-30-51(7-3)81(63)89-83(65)69/h5,8-49H,4,6-7H2,1-3H3/b25-5-. The number of rotatable bonds is 12. The van der Waals surface area contributed by atoms with Gasteiger partial charge < -0.3 is 27.4 Å². The Hall–Kier alpha value is -11.3. The fourth-order valence-corrected chi connectivity index (χ4v) is 15.1. The van der Waals surface area contributed by atoms with Gasteiger partial charge in [0.25, 0.3) is 0 Å². The normalized spacial score (nSPS) is 12.3. The fraction of sp³-hybridized carbons (Fsp3) is 0.0602. The van der Waals surface area contributed by atoms with Gasteiger partial charge in [0.05, 0.1) is 44.5 Å². The molecule has 0 N–H and O–H groups in total. The average Bonchev–Trinajstić information content (AvgIpc) is 1.50. The van der Waals surface area contributed by atoms with Crippen LogP contribution in [-0.2, 0) is 6.42 Å². The number of aryl methyl sites for hydroxylation is 1. The molecule has 0 aliphatic rings. The van der Waals surface area contributed by atoms with E-state index in [1.54, 1.807) is 0 Å². The van der Waals surface area contributed by atoms with Gasteiger partial charge in [0.2, 0.25) is 0 Å². The SMILES string of the molecule is C=C(CC)c1oc2c(N(c3ccccc3)c3ccc4c5cccc6c7c(-c8ccccc8)c8c(c(-c9ccccc9)c7n(c4c3)c56)c3cccc4c5ccc(N(c6ccccc6)c6cccc7c6oc6c(CC)cccc67)cc5n8c43)cccc2c1/C=C\C. The summed E-state index contributed by atoms with van der Waals surface area (Å²) in [6, 6.07) is 91.4. The summed E-state index contributed by atoms with van der Waals surface area (Å²) in [5, 5.41) is 13.0. The molecule has 422 valence electrons. The zero-order valence-corrected chi connectivity index (χ0v) is 49.6. The first-order chi connectivity index (χ1) is 44.0. The van der Waals surface area contributed by atoms with E-state index in [4.69, 9.17) is 8.83 Å². The van der Waals surface area contributed by atoms with Crippen molar-refractivity contribution in [2.24, 2.45) is 0 Å². The summed E-state index contributed by atoms with van der Waals surface area (Å²) in [4.78, 5) is 4.75. The molecule has 12 aromatic carbocycles. The van der Waals surface area contributed by atoms with Gasteiger partial charge in [0, 0.05) is 98.7 Å². The maximum Gasteiger partial charge on any atom is 0.159 e. The van der Waals surface area contributed by atoms with Crippen molar-refractivity contribution in [3.63, 3.8) is 0 Å². The molecule has 18 rings (SSSR count). The molecule has 0 saturated carbocycles. The van der Waals surface area contributed by atoms with E-state index in [1.807, 2.05) is 0 Å². The molecule has 0 bridgehead atoms. The van der Waals surface area contributed by atoms with Gasteiger partial charge in [-0.25, -0.2) is 0 Å². The van der Waals surface area contributed by atoms with Gasteiger partial charge in [-0.05, 0) is 103 Å². The van der Waals surface area contributed by atoms with Gasteiger partial charge in [0.1, 0.15) is 11.3 Å². The number of nitrogens with zero attached hydrogens (tertiary/aromatic N) is 4. The van der Waals surface area contributed by atoms with E-state index in [2.05, 4.69) is 307 Å². The molecule has 0 aliphatic heterocycles. The van der Waals surface area contributed by atoms with Crippen molar-refractivity contribution in [3.05, 3.63) is 278 Å². The molecule has 18 aromatic rings. The summed E-state index contributed by atoms with van der Waals surface area (Å²) in [6.45, 7) is 10.9. The van der Waals surface area contributed by atoms with Gasteiger partial charge in [-0.2, -0.15) is 0 Å². The van der Waals surface area contributed by atoms with Crippen LogP contribution >= 0.6 is 0 Å². The van der Waals surface area contributed by atoms with Gasteiger partial charge in [-0.15, -0.1) is 0 Å². The van der Waals surface area contributed by atoms with Crippen molar-refractivity contribution in [2.45, 2.75) is 33.6 Å². The number of furan rings is 2. The van der Waals surface area contributed by atoms with Crippen molar-refractivity contribution in [3.8, 4) is 22.3 Å². The van der Waals surface area contributed by atoms with Crippen LogP contribution in [-0.4, -0.2) is 8.80 Å². The van der Waals surface area contributed by atoms with Gasteiger partial charge >= 0.3 is 0 Å². The van der Waals surface area contributed by atoms with E-state index in [9.17, 15) is 0 Å². The summed E-state index contributed by atoms with van der Waals surface area (Å²) >= 11 is 0. The molecule has 0 fully saturated rings. The molecule has 0 unspecified atom stereocenters. The van der Waals surface area contributed by atoms with E-state index in [0.29, 0.717) is 0 Å². The lowest BCUT2D eigenvalue weighted by Gasteiger charge is -2.25. The number of hydrogen-bond donors (Lipinski definition) is 0. The van der Waals surface area contributed by atoms with Gasteiger partial charge in [0.15, 0.2) is 11.2 Å². The van der Waals surface area contributed by atoms with Crippen LogP contribution in [0.4, 0.5) is 34.1 Å². The molecule has 0 aliphatic carbocycles. The van der Waals surface area contributed by atoms with Crippen molar-refractivity contribution in [1.82, 2.24) is 8.80 Å². The number of anilines is 6. The zero-order valence-electron chi connectivity index (χ0n) is 49.6. The molecule has 0 amide bonds. The van der Waals surface area contributed by atoms with Crippen LogP contribution in [0.15, 0.2) is 270 Å². The monoisotopic (exact) mass is 1140 g/mol. The summed E-state index contributed by atoms with van der Waals surface area (Å²) in [5.74, 6) is 0.828. The van der Waals surface area contributed by atoms with E-state index < -0.39 is 0 Å². The Bertz CT molecular complexity index is 5910. The summed E-state index contributed by atoms with van der Waals surface area (Å²) in [6.07, 6.45) is 5.90. The molecule has 0 radical (unpaired) electrons. The second-order valence-electron chi connectivity index (χ2n) is 23.6. The second kappa shape index (κ2) is 19.6. The highest BCUT2D eigenvalue weighted by atomic mass is 16.3. The third-order valence-electron chi connectivity index (χ3n) is 18.9. The number of aromatic nitrogens is 2. The highest BCUT2D eigenvalue weighted by Crippen LogP contribution is 2.55. The fourth-order valence-electron chi connectivity index (χ4n) is 15.1. The summed E-state index contributed by atoms with van der Waals surface area (Å²) in [7, 11) is 0. The Morgan fingerprint density at radius 3 is 1.34 bits per heavy atom. The Balaban J connectivity index is 0.970. The van der Waals surface area contributed by atoms with Crippen LogP contribution in [0.25, 0.3) is 143 Å². The van der Waals surface area contributed by atoms with Crippen molar-refractivity contribution in [1.29, 1.82) is 0 Å². The van der Waals surface area contributed by atoms with Crippen LogP contribution < -0.4 is 9.80 Å². The number of allylic oxidation sites excluding steroid dienone is 2. The molecule has 6 heterocycles. The van der Waals surface area contributed by atoms with Crippen LogP contribution in [0.3, 0.4) is 0 Å². The first-order valence-electron chi connectivity index (χ1n) is 31.0. The average molecular weight is 1140 g/mol. The number of hydrogen-bond acceptors (Lipinski definition) is 4. The topological polar surface area (TPSA) is 41.6 Å². The van der Waals surface area contributed by atoms with E-state index >= 15 is 0 Å². The number of fused-ring (bicyclic) bond motifs is 16. The molecule has 0 saturated heterocycles. The summed E-state index contributed by atoms with van der Waals surface area (Å²) in [5.41, 5.74) is 23.7. The Kier molecular flexibility index (Phi) is 11.2. The van der Waals surface area contributed by atoms with Gasteiger partial charge in [-0.1, -0.05) is 221 Å². The van der Waals surface area contributed by atoms with Crippen molar-refractivity contribution in [2.75, 3.05) is 9.80 Å². The maximum atomic E-state index is 7.03. The molecule has 89 heavy (non-hydrogen) atoms. The third-order valence-corrected chi connectivity index (χ3v) is 18.9. The van der Waals surface area contributed by atoms with E-state index in [0.717, 1.165) is 119 Å². The minimum atomic E-state index is 0.780. The largest absolute Gasteiger partial charge is 0.454 e. The lowest BCUT2D eigenvalue weighted by Crippen LogP contribution is -2.10. The lowest BCUT2D eigenvalue weighted by molar-refractivity contribution is 0.596. The Labute approximate surface area is 513 Å². The second-order valence-corrected chi connectivity index (χ2v) is 23.6. The molecule has 6 aromatic heterocycles. The molecule has 6 heteroatoms. The van der Waals surface area contributed by atoms with Crippen LogP contribution in [0.1, 0.15) is 44.1 Å². The van der Waals surface area contributed by atoms with Crippen molar-refractivity contribution < 1.29 is 8.83 Å². The Morgan fingerprint density at radius 1 is 0.404 bits per heavy atom. The smallest absolute Gasteiger partial charge is 0.159 e. The minimum Gasteiger partial charge on any atom is -0.454 e. The summed E-state index contributed by atoms with van der Waals surface area (Å²) < 4.78 is 19.3. The zero-order chi connectivity index (χ0) is 59.2. The first kappa shape index (κ1) is 50.9. The maximum absolute atomic E-state index is 7.03. The molecular formula is C83H58N4O2. The highest BCUT2D eigenvalue weighted by molar-refractivity contribution is 6.38. The van der Waals surface area contributed by atoms with Crippen molar-refractivity contribution >= 4 is 155 Å². The quantitative estimate of drug-likeness (QED) is 0.122. The number of benzene rings is 12. The molecular weight excluding hydrogens is 1080 g/mol. The minimum absolute atomic E-state index is 0.780. The van der Waals surface area contributed by atoms with Crippen LogP contribution in [0.5, 0.6) is 0 Å². The molecule has 0 atom stereocenters. The molecule has 6 nitrogen and oxygen atoms in total. The van der Waals surface area contributed by atoms with Gasteiger partial charge in [-0.3, -0.25) is 0 Å². The highest BCUT2D eigenvalue weighted by Gasteiger charge is 2.32. The lowest BCUT2D eigenvalue weighted by atomic mass is 9.89. The van der Waals surface area contributed by atoms with Crippen LogP contribution in [0, 0.1) is 0 Å². The van der Waals surface area contributed by atoms with E-state index in [-0.39, 0.29) is 0 Å². The number of para-hydroxylation sites is 7. The molecule has 0 spiro atoms. The first-order valence-corrected chi connectivity index (χ1v) is 31.0. The Morgan fingerprint density at radius 2 is 0.843 bits per heavy atom. The third kappa shape index (κ3) is 7.20. The predicted octanol–water partition coefficient (Wildman–Crippen LogP) is 23.9. The predicted molar refractivity (Wildman–Crippen MR) is 376 cm³/mol. The van der Waals surface area contributed by atoms with E-state index in [1.165, 1.54) is 81.8 Å².